The van der Waals surface area contributed by atoms with Gasteiger partial charge < -0.3 is 14.6 Å². The number of ether oxygens (including phenoxy) is 2. The number of rotatable bonds is 7. The van der Waals surface area contributed by atoms with Crippen LogP contribution in [0.25, 0.3) is 0 Å². The first-order chi connectivity index (χ1) is 12.8. The molecule has 0 spiro atoms. The number of carbonyl (C=O) groups excluding carboxylic acids is 2. The van der Waals surface area contributed by atoms with Crippen LogP contribution in [0.3, 0.4) is 0 Å². The summed E-state index contributed by atoms with van der Waals surface area (Å²) in [5.74, 6) is -2.54. The molecule has 7 nitrogen and oxygen atoms in total. The van der Waals surface area contributed by atoms with Crippen molar-refractivity contribution in [3.8, 4) is 0 Å². The molecule has 0 bridgehead atoms. The summed E-state index contributed by atoms with van der Waals surface area (Å²) in [5.41, 5.74) is -1.56. The molecule has 2 atom stereocenters. The minimum atomic E-state index is -2.30. The molecule has 0 aliphatic heterocycles. The highest BCUT2D eigenvalue weighted by atomic mass is 127. The average Bonchev–Trinajstić information content (AvgIpc) is 2.55. The van der Waals surface area contributed by atoms with Gasteiger partial charge in [0.25, 0.3) is 0 Å². The van der Waals surface area contributed by atoms with E-state index >= 15 is 0 Å². The van der Waals surface area contributed by atoms with Crippen LogP contribution in [0.4, 0.5) is 4.79 Å². The lowest BCUT2D eigenvalue weighted by atomic mass is 9.90. The number of carboxylic acids is 1. The maximum absolute atomic E-state index is 12.9. The fourth-order valence-electron chi connectivity index (χ4n) is 2.28. The van der Waals surface area contributed by atoms with E-state index in [0.29, 0.717) is 12.0 Å². The number of alkyl carbamates (subject to hydrolysis) is 1. The summed E-state index contributed by atoms with van der Waals surface area (Å²) in [6.07, 6.45) is -1.26. The number of benzene rings is 1. The Hall–Kier alpha value is -1.84. The van der Waals surface area contributed by atoms with Gasteiger partial charge in [0, 0.05) is 9.99 Å². The van der Waals surface area contributed by atoms with Gasteiger partial charge in [-0.1, -0.05) is 19.1 Å². The molecule has 0 aliphatic carbocycles. The topological polar surface area (TPSA) is 102 Å². The lowest BCUT2D eigenvalue weighted by Crippen LogP contribution is -2.63. The molecule has 0 saturated carbocycles. The highest BCUT2D eigenvalue weighted by Crippen LogP contribution is 2.22. The van der Waals surface area contributed by atoms with Crippen LogP contribution >= 0.6 is 22.6 Å². The molecule has 28 heavy (non-hydrogen) atoms. The molecule has 2 N–H and O–H groups in total. The molecular formula is C20H28INO6. The molecule has 8 heteroatoms. The van der Waals surface area contributed by atoms with Crippen molar-refractivity contribution in [2.24, 2.45) is 0 Å². The number of nitrogens with one attached hydrogen (secondary N) is 1. The Morgan fingerprint density at radius 2 is 1.86 bits per heavy atom. The third-order valence-corrected chi connectivity index (χ3v) is 5.18. The zero-order valence-electron chi connectivity index (χ0n) is 17.1. The second-order valence-electron chi connectivity index (χ2n) is 7.72. The van der Waals surface area contributed by atoms with Crippen LogP contribution in [0.5, 0.6) is 0 Å². The first-order valence-electron chi connectivity index (χ1n) is 9.01. The Kier molecular flexibility index (Phi) is 8.28. The Morgan fingerprint density at radius 1 is 1.25 bits per heavy atom. The predicted molar refractivity (Wildman–Crippen MR) is 113 cm³/mol. The fourth-order valence-corrected chi connectivity index (χ4v) is 2.86. The molecule has 0 saturated heterocycles. The van der Waals surface area contributed by atoms with E-state index in [0.717, 1.165) is 9.13 Å². The minimum absolute atomic E-state index is 0.271. The van der Waals surface area contributed by atoms with E-state index in [2.05, 4.69) is 27.9 Å². The summed E-state index contributed by atoms with van der Waals surface area (Å²) in [6, 6.07) is 5.33. The van der Waals surface area contributed by atoms with Gasteiger partial charge in [-0.05, 0) is 80.8 Å². The maximum Gasteiger partial charge on any atom is 0.409 e. The SMILES string of the molecule is CCC(C)OC(=O)C(Cc1ccc(C)c(I)c1)(NC(=O)OC(C)(C)C)C(=O)O. The van der Waals surface area contributed by atoms with E-state index in [-0.39, 0.29) is 6.42 Å². The van der Waals surface area contributed by atoms with Crippen molar-refractivity contribution in [2.45, 2.75) is 71.6 Å². The van der Waals surface area contributed by atoms with E-state index in [9.17, 15) is 19.5 Å². The standard InChI is InChI=1S/C20H28INO6/c1-7-13(3)27-17(25)20(16(23)24,22-18(26)28-19(4,5)6)11-14-9-8-12(2)15(21)10-14/h8-10,13H,7,11H2,1-6H3,(H,22,26)(H,23,24). The van der Waals surface area contributed by atoms with Gasteiger partial charge in [-0.25, -0.2) is 14.4 Å². The van der Waals surface area contributed by atoms with Crippen molar-refractivity contribution in [3.05, 3.63) is 32.9 Å². The summed E-state index contributed by atoms with van der Waals surface area (Å²) in [6.45, 7) is 10.3. The molecule has 0 fully saturated rings. The lowest BCUT2D eigenvalue weighted by molar-refractivity contribution is -0.166. The summed E-state index contributed by atoms with van der Waals surface area (Å²) in [5, 5.41) is 12.2. The molecule has 156 valence electrons. The molecule has 1 aromatic rings. The van der Waals surface area contributed by atoms with Crippen molar-refractivity contribution in [2.75, 3.05) is 0 Å². The van der Waals surface area contributed by atoms with Crippen LogP contribution in [-0.2, 0) is 25.5 Å². The van der Waals surface area contributed by atoms with Crippen LogP contribution < -0.4 is 5.32 Å². The summed E-state index contributed by atoms with van der Waals surface area (Å²) in [7, 11) is 0. The average molecular weight is 505 g/mol. The second kappa shape index (κ2) is 9.58. The molecule has 1 aromatic carbocycles. The molecule has 0 radical (unpaired) electrons. The van der Waals surface area contributed by atoms with Gasteiger partial charge in [0.15, 0.2) is 0 Å². The van der Waals surface area contributed by atoms with Crippen molar-refractivity contribution >= 4 is 40.6 Å². The van der Waals surface area contributed by atoms with E-state index < -0.39 is 35.3 Å². The molecule has 0 aromatic heterocycles. The Bertz CT molecular complexity index is 743. The van der Waals surface area contributed by atoms with Crippen molar-refractivity contribution < 1.29 is 29.0 Å². The molecule has 0 heterocycles. The first kappa shape index (κ1) is 24.2. The third-order valence-electron chi connectivity index (χ3n) is 4.02. The molecular weight excluding hydrogens is 477 g/mol. The minimum Gasteiger partial charge on any atom is -0.479 e. The lowest BCUT2D eigenvalue weighted by Gasteiger charge is -2.31. The first-order valence-corrected chi connectivity index (χ1v) is 10.1. The highest BCUT2D eigenvalue weighted by molar-refractivity contribution is 14.1. The largest absolute Gasteiger partial charge is 0.479 e. The van der Waals surface area contributed by atoms with Crippen LogP contribution in [-0.4, -0.2) is 40.4 Å². The number of carbonyl (C=O) groups is 3. The monoisotopic (exact) mass is 505 g/mol. The van der Waals surface area contributed by atoms with E-state index in [1.165, 1.54) is 0 Å². The number of carboxylic acid groups (broad SMARTS) is 1. The van der Waals surface area contributed by atoms with Crippen LogP contribution in [0.1, 0.15) is 52.2 Å². The number of halogens is 1. The zero-order chi connectivity index (χ0) is 21.7. The van der Waals surface area contributed by atoms with E-state index in [4.69, 9.17) is 9.47 Å². The van der Waals surface area contributed by atoms with Gasteiger partial charge in [-0.2, -0.15) is 0 Å². The molecule has 0 aliphatic rings. The number of aryl methyl sites for hydroxylation is 1. The number of aliphatic carboxylic acids is 1. The number of hydrogen-bond donors (Lipinski definition) is 2. The smallest absolute Gasteiger partial charge is 0.409 e. The number of hydrogen-bond acceptors (Lipinski definition) is 5. The van der Waals surface area contributed by atoms with Crippen molar-refractivity contribution in [3.63, 3.8) is 0 Å². The molecule has 2 unspecified atom stereocenters. The van der Waals surface area contributed by atoms with Gasteiger partial charge in [0.2, 0.25) is 5.54 Å². The van der Waals surface area contributed by atoms with Crippen LogP contribution in [0, 0.1) is 10.5 Å². The summed E-state index contributed by atoms with van der Waals surface area (Å²) in [4.78, 5) is 37.4. The summed E-state index contributed by atoms with van der Waals surface area (Å²) >= 11 is 2.13. The number of amides is 1. The van der Waals surface area contributed by atoms with Crippen molar-refractivity contribution in [1.82, 2.24) is 5.32 Å². The maximum atomic E-state index is 12.9. The van der Waals surface area contributed by atoms with Gasteiger partial charge in [-0.15, -0.1) is 0 Å². The van der Waals surface area contributed by atoms with Crippen molar-refractivity contribution in [1.29, 1.82) is 0 Å². The van der Waals surface area contributed by atoms with E-state index in [1.807, 2.05) is 19.9 Å². The van der Waals surface area contributed by atoms with Gasteiger partial charge >= 0.3 is 18.0 Å². The highest BCUT2D eigenvalue weighted by Gasteiger charge is 2.50. The molecule has 1 rings (SSSR count). The van der Waals surface area contributed by atoms with Gasteiger partial charge in [0.05, 0.1) is 6.10 Å². The zero-order valence-corrected chi connectivity index (χ0v) is 19.2. The third kappa shape index (κ3) is 6.65. The fraction of sp³-hybridized carbons (Fsp3) is 0.550. The number of esters is 1. The predicted octanol–water partition coefficient (Wildman–Crippen LogP) is 3.83. The molecule has 1 amide bonds. The van der Waals surface area contributed by atoms with E-state index in [1.54, 1.807) is 39.8 Å². The van der Waals surface area contributed by atoms with Crippen LogP contribution in [0.2, 0.25) is 0 Å². The second-order valence-corrected chi connectivity index (χ2v) is 8.88. The normalized spacial score (nSPS) is 14.5. The Labute approximate surface area is 179 Å². The Balaban J connectivity index is 3.34. The summed E-state index contributed by atoms with van der Waals surface area (Å²) < 4.78 is 11.4. The van der Waals surface area contributed by atoms with Gasteiger partial charge in [-0.3, -0.25) is 5.32 Å². The Morgan fingerprint density at radius 3 is 2.32 bits per heavy atom. The quantitative estimate of drug-likeness (QED) is 0.332. The van der Waals surface area contributed by atoms with Gasteiger partial charge in [0.1, 0.15) is 5.60 Å². The van der Waals surface area contributed by atoms with Crippen LogP contribution in [0.15, 0.2) is 18.2 Å².